The zero-order valence-electron chi connectivity index (χ0n) is 20.1. The lowest BCUT2D eigenvalue weighted by Gasteiger charge is -2.32. The summed E-state index contributed by atoms with van der Waals surface area (Å²) in [5.74, 6) is 1.16. The summed E-state index contributed by atoms with van der Waals surface area (Å²) >= 11 is 6.47. The molecule has 0 aliphatic carbocycles. The van der Waals surface area contributed by atoms with E-state index >= 15 is 0 Å². The number of methoxy groups -OCH3 is 1. The highest BCUT2D eigenvalue weighted by Gasteiger charge is 2.24. The van der Waals surface area contributed by atoms with Crippen molar-refractivity contribution < 1.29 is 14.6 Å². The van der Waals surface area contributed by atoms with Gasteiger partial charge in [-0.1, -0.05) is 17.7 Å². The van der Waals surface area contributed by atoms with E-state index in [-0.39, 0.29) is 5.91 Å². The van der Waals surface area contributed by atoms with Gasteiger partial charge >= 0.3 is 0 Å². The largest absolute Gasteiger partial charge is 0.495 e. The number of rotatable bonds is 6. The molecule has 0 atom stereocenters. The lowest BCUT2D eigenvalue weighted by atomic mass is 9.89. The molecule has 3 aromatic heterocycles. The van der Waals surface area contributed by atoms with Crippen LogP contribution in [0.25, 0.3) is 17.0 Å². The lowest BCUT2D eigenvalue weighted by Crippen LogP contribution is -2.39. The van der Waals surface area contributed by atoms with Crippen molar-refractivity contribution in [2.24, 2.45) is 0 Å². The van der Waals surface area contributed by atoms with Crippen LogP contribution < -0.4 is 10.1 Å². The number of nitrogens with one attached hydrogen (secondary N) is 1. The van der Waals surface area contributed by atoms with Gasteiger partial charge in [0.15, 0.2) is 0 Å². The quantitative estimate of drug-likeness (QED) is 0.403. The van der Waals surface area contributed by atoms with Crippen LogP contribution in [-0.4, -0.2) is 62.1 Å². The van der Waals surface area contributed by atoms with Crippen molar-refractivity contribution in [1.29, 1.82) is 0 Å². The van der Waals surface area contributed by atoms with Crippen molar-refractivity contribution in [2.45, 2.75) is 25.7 Å². The Bertz CT molecular complexity index is 1410. The number of hydrogen-bond acceptors (Lipinski definition) is 7. The highest BCUT2D eigenvalue weighted by molar-refractivity contribution is 6.32. The minimum absolute atomic E-state index is 0.216. The van der Waals surface area contributed by atoms with Gasteiger partial charge in [-0.15, -0.1) is 0 Å². The number of likely N-dealkylation sites (tertiary alicyclic amines) is 1. The molecule has 36 heavy (non-hydrogen) atoms. The molecule has 0 bridgehead atoms. The SMILES string of the molecule is COc1cc(C2CCN(C(=O)CO)CC2)ccc1Nc1ncc(Cl)c(-c2cnc3cc(C)ccn23)n1. The number of fused-ring (bicyclic) bond motifs is 1. The predicted molar refractivity (Wildman–Crippen MR) is 138 cm³/mol. The van der Waals surface area contributed by atoms with Gasteiger partial charge in [0.25, 0.3) is 0 Å². The molecule has 2 N–H and O–H groups in total. The molecule has 1 aliphatic heterocycles. The number of aryl methyl sites for hydroxylation is 1. The first-order valence-corrected chi connectivity index (χ1v) is 12.1. The third-order valence-corrected chi connectivity index (χ3v) is 6.86. The van der Waals surface area contributed by atoms with Crippen LogP contribution in [0.5, 0.6) is 5.75 Å². The van der Waals surface area contributed by atoms with Crippen LogP contribution in [0.2, 0.25) is 5.02 Å². The molecule has 1 fully saturated rings. The lowest BCUT2D eigenvalue weighted by molar-refractivity contribution is -0.135. The Morgan fingerprint density at radius 3 is 2.75 bits per heavy atom. The fraction of sp³-hybridized carbons (Fsp3) is 0.308. The number of pyridine rings is 1. The second-order valence-corrected chi connectivity index (χ2v) is 9.27. The maximum atomic E-state index is 11.7. The number of aromatic nitrogens is 4. The third-order valence-electron chi connectivity index (χ3n) is 6.58. The second kappa shape index (κ2) is 10.1. The Morgan fingerprint density at radius 1 is 1.19 bits per heavy atom. The number of ether oxygens (including phenoxy) is 1. The molecule has 1 aromatic carbocycles. The zero-order chi connectivity index (χ0) is 25.2. The molecule has 0 saturated carbocycles. The summed E-state index contributed by atoms with van der Waals surface area (Å²) < 4.78 is 7.61. The van der Waals surface area contributed by atoms with E-state index in [9.17, 15) is 4.79 Å². The fourth-order valence-corrected chi connectivity index (χ4v) is 4.80. The van der Waals surface area contributed by atoms with Crippen molar-refractivity contribution in [3.05, 3.63) is 65.1 Å². The molecule has 1 amide bonds. The molecule has 186 valence electrons. The monoisotopic (exact) mass is 506 g/mol. The molecule has 0 spiro atoms. The molecule has 10 heteroatoms. The van der Waals surface area contributed by atoms with Gasteiger partial charge in [-0.25, -0.2) is 15.0 Å². The number of benzene rings is 1. The summed E-state index contributed by atoms with van der Waals surface area (Å²) in [6, 6.07) is 10.0. The van der Waals surface area contributed by atoms with E-state index in [1.165, 1.54) is 0 Å². The molecule has 0 unspecified atom stereocenters. The molecule has 4 heterocycles. The Kier molecular flexibility index (Phi) is 6.75. The van der Waals surface area contributed by atoms with Gasteiger partial charge in [-0.05, 0) is 61.1 Å². The average Bonchev–Trinajstić information content (AvgIpc) is 3.32. The highest BCUT2D eigenvalue weighted by Crippen LogP contribution is 2.35. The molecular weight excluding hydrogens is 480 g/mol. The van der Waals surface area contributed by atoms with Gasteiger partial charge in [0, 0.05) is 19.3 Å². The molecule has 0 radical (unpaired) electrons. The highest BCUT2D eigenvalue weighted by atomic mass is 35.5. The number of aliphatic hydroxyl groups is 1. The number of hydrogen-bond donors (Lipinski definition) is 2. The van der Waals surface area contributed by atoms with Crippen LogP contribution >= 0.6 is 11.6 Å². The van der Waals surface area contributed by atoms with E-state index in [0.29, 0.717) is 41.4 Å². The van der Waals surface area contributed by atoms with Gasteiger partial charge in [-0.3, -0.25) is 9.20 Å². The smallest absolute Gasteiger partial charge is 0.248 e. The van der Waals surface area contributed by atoms with E-state index < -0.39 is 6.61 Å². The molecule has 4 aromatic rings. The second-order valence-electron chi connectivity index (χ2n) is 8.86. The van der Waals surface area contributed by atoms with E-state index in [2.05, 4.69) is 26.3 Å². The molecule has 1 aliphatic rings. The van der Waals surface area contributed by atoms with Crippen LogP contribution in [0.15, 0.2) is 48.9 Å². The predicted octanol–water partition coefficient (Wildman–Crippen LogP) is 4.20. The van der Waals surface area contributed by atoms with Gasteiger partial charge < -0.3 is 20.1 Å². The van der Waals surface area contributed by atoms with Crippen LogP contribution in [0.1, 0.15) is 29.9 Å². The summed E-state index contributed by atoms with van der Waals surface area (Å²) in [6.07, 6.45) is 6.95. The number of halogens is 1. The molecular formula is C26H27ClN6O3. The van der Waals surface area contributed by atoms with Crippen molar-refractivity contribution in [1.82, 2.24) is 24.3 Å². The van der Waals surface area contributed by atoms with E-state index in [1.54, 1.807) is 24.4 Å². The molecule has 9 nitrogen and oxygen atoms in total. The molecule has 1 saturated heterocycles. The number of amides is 1. The normalized spacial score (nSPS) is 14.3. The standard InChI is InChI=1S/C26H27ClN6O3/c1-16-5-10-33-21(14-28-23(33)11-16)25-19(27)13-29-26(31-25)30-20-4-3-18(12-22(20)36-2)17-6-8-32(9-7-17)24(35)15-34/h3-5,10-14,17,34H,6-9,15H2,1-2H3,(H,29,30,31). The minimum Gasteiger partial charge on any atom is -0.495 e. The number of piperidine rings is 1. The third kappa shape index (κ3) is 4.72. The van der Waals surface area contributed by atoms with Crippen LogP contribution in [0.3, 0.4) is 0 Å². The Balaban J connectivity index is 1.37. The topological polar surface area (TPSA) is 105 Å². The summed E-state index contributed by atoms with van der Waals surface area (Å²) in [5, 5.41) is 12.8. The summed E-state index contributed by atoms with van der Waals surface area (Å²) in [6.45, 7) is 2.85. The summed E-state index contributed by atoms with van der Waals surface area (Å²) in [5.41, 5.74) is 5.16. The minimum atomic E-state index is -0.440. The van der Waals surface area contributed by atoms with Gasteiger partial charge in [-0.2, -0.15) is 0 Å². The number of anilines is 2. The first-order valence-electron chi connectivity index (χ1n) is 11.8. The maximum absolute atomic E-state index is 11.7. The first-order chi connectivity index (χ1) is 17.5. The van der Waals surface area contributed by atoms with Crippen molar-refractivity contribution in [3.63, 3.8) is 0 Å². The molecule has 5 rings (SSSR count). The number of imidazole rings is 1. The zero-order valence-corrected chi connectivity index (χ0v) is 20.9. The number of nitrogens with zero attached hydrogens (tertiary/aromatic N) is 5. The van der Waals surface area contributed by atoms with E-state index in [1.807, 2.05) is 41.8 Å². The first kappa shape index (κ1) is 24.0. The summed E-state index contributed by atoms with van der Waals surface area (Å²) in [4.78, 5) is 27.0. The van der Waals surface area contributed by atoms with Crippen LogP contribution in [-0.2, 0) is 4.79 Å². The van der Waals surface area contributed by atoms with Crippen molar-refractivity contribution >= 4 is 34.8 Å². The van der Waals surface area contributed by atoms with Crippen LogP contribution in [0.4, 0.5) is 11.6 Å². The van der Waals surface area contributed by atoms with Crippen molar-refractivity contribution in [2.75, 3.05) is 32.1 Å². The van der Waals surface area contributed by atoms with E-state index in [0.717, 1.165) is 41.0 Å². The van der Waals surface area contributed by atoms with Gasteiger partial charge in [0.2, 0.25) is 11.9 Å². The summed E-state index contributed by atoms with van der Waals surface area (Å²) in [7, 11) is 1.63. The van der Waals surface area contributed by atoms with Gasteiger partial charge in [0.1, 0.15) is 23.7 Å². The number of carbonyl (C=O) groups is 1. The van der Waals surface area contributed by atoms with E-state index in [4.69, 9.17) is 21.4 Å². The Hall–Kier alpha value is -3.69. The Labute approximate surface area is 213 Å². The van der Waals surface area contributed by atoms with Gasteiger partial charge in [0.05, 0.1) is 35.9 Å². The van der Waals surface area contributed by atoms with Crippen molar-refractivity contribution in [3.8, 4) is 17.1 Å². The Morgan fingerprint density at radius 2 is 2.00 bits per heavy atom. The number of carbonyl (C=O) groups excluding carboxylic acids is 1. The average molecular weight is 507 g/mol. The number of aliphatic hydroxyl groups excluding tert-OH is 1. The fourth-order valence-electron chi connectivity index (χ4n) is 4.61. The van der Waals surface area contributed by atoms with Crippen LogP contribution in [0, 0.1) is 6.92 Å². The maximum Gasteiger partial charge on any atom is 0.248 e.